The van der Waals surface area contributed by atoms with Gasteiger partial charge >= 0.3 is 0 Å². The molecule has 4 atom stereocenters. The fraction of sp³-hybridized carbons (Fsp3) is 0.347. The molecular formula is C49H53N3O6. The monoisotopic (exact) mass is 779 g/mol. The summed E-state index contributed by atoms with van der Waals surface area (Å²) in [6.45, 7) is 2.46. The van der Waals surface area contributed by atoms with Crippen LogP contribution in [0.3, 0.4) is 0 Å². The number of aliphatic hydroxyl groups is 1. The number of Topliss-reactive ketones (excluding diaryl/α,β-unsaturated/α-hetero) is 1. The number of aromatic hydroxyl groups is 1. The van der Waals surface area contributed by atoms with Crippen molar-refractivity contribution in [2.24, 2.45) is 22.6 Å². The van der Waals surface area contributed by atoms with Crippen LogP contribution >= 0.6 is 0 Å². The number of fused-ring (bicyclic) bond motifs is 9. The topological polar surface area (TPSA) is 136 Å². The van der Waals surface area contributed by atoms with Crippen molar-refractivity contribution in [2.75, 3.05) is 19.5 Å². The van der Waals surface area contributed by atoms with E-state index in [1.807, 2.05) is 42.5 Å². The number of rotatable bonds is 9. The Kier molecular flexibility index (Phi) is 12.7. The molecule has 4 unspecified atom stereocenters. The van der Waals surface area contributed by atoms with Crippen molar-refractivity contribution in [3.8, 4) is 29.3 Å². The Morgan fingerprint density at radius 2 is 1.91 bits per heavy atom. The number of nitrogens with two attached hydrogens (primary N) is 1. The highest BCUT2D eigenvalue weighted by Gasteiger charge is 2.27. The molecule has 2 aliphatic carbocycles. The van der Waals surface area contributed by atoms with E-state index in [1.165, 1.54) is 5.56 Å². The van der Waals surface area contributed by atoms with Gasteiger partial charge in [-0.25, -0.2) is 0 Å². The number of nitrogens with one attached hydrogen (secondary N) is 1. The Hall–Kier alpha value is -6.14. The first-order valence-corrected chi connectivity index (χ1v) is 20.3. The predicted octanol–water partition coefficient (Wildman–Crippen LogP) is 9.46. The average Bonchev–Trinajstić information content (AvgIpc) is 3.22. The average molecular weight is 780 g/mol. The van der Waals surface area contributed by atoms with Crippen LogP contribution in [-0.2, 0) is 35.4 Å². The van der Waals surface area contributed by atoms with Gasteiger partial charge in [-0.05, 0) is 125 Å². The molecule has 0 fully saturated rings. The molecule has 300 valence electrons. The van der Waals surface area contributed by atoms with Gasteiger partial charge in [-0.2, -0.15) is 0 Å². The molecular weight excluding hydrogens is 727 g/mol. The minimum atomic E-state index is -0.493. The molecule has 4 aliphatic rings. The van der Waals surface area contributed by atoms with E-state index >= 15 is 0 Å². The molecule has 4 aromatic carbocycles. The molecule has 2 heterocycles. The smallest absolute Gasteiger partial charge is 0.192 e. The molecule has 0 saturated carbocycles. The van der Waals surface area contributed by atoms with Crippen LogP contribution in [0.25, 0.3) is 16.8 Å². The number of phenols is 1. The summed E-state index contributed by atoms with van der Waals surface area (Å²) in [4.78, 5) is 17.6. The van der Waals surface area contributed by atoms with Gasteiger partial charge in [0.15, 0.2) is 17.5 Å². The van der Waals surface area contributed by atoms with E-state index in [-0.39, 0.29) is 47.9 Å². The number of nitrogens with zero attached hydrogens (tertiary/aromatic N) is 1. The van der Waals surface area contributed by atoms with Crippen molar-refractivity contribution < 1.29 is 29.2 Å². The number of guanidine groups is 1. The molecule has 58 heavy (non-hydrogen) atoms. The van der Waals surface area contributed by atoms with Crippen molar-refractivity contribution in [1.82, 2.24) is 0 Å². The molecule has 2 aliphatic heterocycles. The quantitative estimate of drug-likeness (QED) is 0.0571. The fourth-order valence-electron chi connectivity index (χ4n) is 8.42. The Bertz CT molecular complexity index is 2350. The minimum Gasteiger partial charge on any atom is -0.508 e. The molecule has 6 bridgehead atoms. The minimum absolute atomic E-state index is 0.0370. The van der Waals surface area contributed by atoms with Gasteiger partial charge in [-0.3, -0.25) is 9.79 Å². The Morgan fingerprint density at radius 1 is 1.03 bits per heavy atom. The van der Waals surface area contributed by atoms with E-state index in [0.29, 0.717) is 43.3 Å². The number of aliphatic imine (C=N–C) groups is 1. The van der Waals surface area contributed by atoms with Gasteiger partial charge in [0.2, 0.25) is 0 Å². The second-order valence-corrected chi connectivity index (χ2v) is 15.6. The van der Waals surface area contributed by atoms with Crippen LogP contribution in [0.15, 0.2) is 95.7 Å². The molecule has 0 aromatic heterocycles. The first-order valence-electron chi connectivity index (χ1n) is 20.3. The Balaban J connectivity index is 1.12. The molecule has 4 aromatic rings. The van der Waals surface area contributed by atoms with E-state index in [9.17, 15) is 15.0 Å². The maximum absolute atomic E-state index is 13.6. The van der Waals surface area contributed by atoms with Gasteiger partial charge in [0.25, 0.3) is 0 Å². The third kappa shape index (κ3) is 9.51. The van der Waals surface area contributed by atoms with Crippen molar-refractivity contribution in [1.29, 1.82) is 0 Å². The van der Waals surface area contributed by atoms with E-state index < -0.39 is 6.10 Å². The molecule has 9 nitrogen and oxygen atoms in total. The Labute approximate surface area is 341 Å². The molecule has 0 saturated heterocycles. The molecule has 0 radical (unpaired) electrons. The normalized spacial score (nSPS) is 20.6. The van der Waals surface area contributed by atoms with Crippen LogP contribution in [0.2, 0.25) is 0 Å². The van der Waals surface area contributed by atoms with Crippen LogP contribution in [0.4, 0.5) is 5.69 Å². The zero-order valence-electron chi connectivity index (χ0n) is 33.6. The summed E-state index contributed by atoms with van der Waals surface area (Å²) in [5, 5.41) is 27.1. The van der Waals surface area contributed by atoms with Gasteiger partial charge in [0, 0.05) is 43.5 Å². The second-order valence-electron chi connectivity index (χ2n) is 15.6. The van der Waals surface area contributed by atoms with Gasteiger partial charge in [0.1, 0.15) is 36.1 Å². The lowest BCUT2D eigenvalue weighted by Crippen LogP contribution is -2.24. The molecule has 0 amide bonds. The van der Waals surface area contributed by atoms with E-state index in [0.717, 1.165) is 70.0 Å². The second kappa shape index (κ2) is 18.4. The van der Waals surface area contributed by atoms with Crippen LogP contribution in [0.1, 0.15) is 84.7 Å². The number of aryl methyl sites for hydroxylation is 2. The van der Waals surface area contributed by atoms with E-state index in [2.05, 4.69) is 71.8 Å². The maximum Gasteiger partial charge on any atom is 0.192 e. The number of aliphatic hydroxyl groups excluding tert-OH is 1. The van der Waals surface area contributed by atoms with Crippen molar-refractivity contribution in [3.05, 3.63) is 124 Å². The number of carbonyl (C=O) groups is 1. The molecule has 9 heteroatoms. The standard InChI is InChI=1S/C49H53N3O6/c1-31-13-20-41-35-17-21-43-42(45(55)29-44(31)48(41)43)12-7-23-57-40(28-39(54)18-14-33-15-22-46(56-3)47(25-33)58-30-35)27-36-26-38(53)19-16-34(36)10-5-4-8-32-9-6-11-37(24-32)52-49(50)51-2/h6,9,11,13,15-17,19-22,24-26,29,31,34,36,40,53,55H,4-5,8,10,12,14,18,27-28,30H2,1-3H3,(H3,50,51,52). The third-order valence-electron chi connectivity index (χ3n) is 11.6. The molecule has 5 N–H and O–H groups in total. The number of hydrogen-bond acceptors (Lipinski definition) is 7. The lowest BCUT2D eigenvalue weighted by atomic mass is 9.80. The third-order valence-corrected chi connectivity index (χ3v) is 11.6. The number of allylic oxidation sites excluding steroid dienone is 4. The Morgan fingerprint density at radius 3 is 2.76 bits per heavy atom. The van der Waals surface area contributed by atoms with E-state index in [1.54, 1.807) is 20.2 Å². The lowest BCUT2D eigenvalue weighted by Gasteiger charge is -2.28. The largest absolute Gasteiger partial charge is 0.508 e. The van der Waals surface area contributed by atoms with Gasteiger partial charge < -0.3 is 35.5 Å². The number of unbranched alkanes of at least 4 members (excludes halogenated alkanes) is 1. The molecule has 8 rings (SSSR count). The first-order chi connectivity index (χ1) is 28.2. The summed E-state index contributed by atoms with van der Waals surface area (Å²) < 4.78 is 18.3. The van der Waals surface area contributed by atoms with Crippen molar-refractivity contribution >= 4 is 34.3 Å². The summed E-state index contributed by atoms with van der Waals surface area (Å²) in [7, 11) is 3.28. The SMILES string of the molecule is CN=C(N)Nc1cccc(CCCCC2C=CC(O)=CC2CC2CC(=O)CCc3ccc(OC)c(c3)OCc3ccc4c(c(O)cc5c4c3C=CC5C)CC#CO2)c1. The summed E-state index contributed by atoms with van der Waals surface area (Å²) >= 11 is 0. The van der Waals surface area contributed by atoms with E-state index in [4.69, 9.17) is 19.9 Å². The number of ketones is 1. The highest BCUT2D eigenvalue weighted by molar-refractivity contribution is 6.00. The summed E-state index contributed by atoms with van der Waals surface area (Å²) in [6.07, 6.45) is 18.2. The van der Waals surface area contributed by atoms with Crippen LogP contribution in [0, 0.1) is 23.9 Å². The number of ether oxygens (including phenoxy) is 3. The van der Waals surface area contributed by atoms with Gasteiger partial charge in [-0.1, -0.05) is 67.8 Å². The summed E-state index contributed by atoms with van der Waals surface area (Å²) in [5.74, 6) is 5.54. The molecule has 0 spiro atoms. The number of phenolic OH excluding ortho intramolecular Hbond substituents is 1. The highest BCUT2D eigenvalue weighted by atomic mass is 16.5. The highest BCUT2D eigenvalue weighted by Crippen LogP contribution is 2.42. The van der Waals surface area contributed by atoms with Gasteiger partial charge in [-0.15, -0.1) is 0 Å². The van der Waals surface area contributed by atoms with Crippen molar-refractivity contribution in [2.45, 2.75) is 83.3 Å². The first kappa shape index (κ1) is 40.1. The lowest BCUT2D eigenvalue weighted by molar-refractivity contribution is -0.121. The summed E-state index contributed by atoms with van der Waals surface area (Å²) in [6, 6.07) is 20.0. The van der Waals surface area contributed by atoms with Crippen LogP contribution in [0.5, 0.6) is 17.2 Å². The fourth-order valence-corrected chi connectivity index (χ4v) is 8.42. The predicted molar refractivity (Wildman–Crippen MR) is 231 cm³/mol. The number of anilines is 1. The zero-order valence-corrected chi connectivity index (χ0v) is 33.6. The van der Waals surface area contributed by atoms with Gasteiger partial charge in [0.05, 0.1) is 7.11 Å². The number of carbonyl (C=O) groups excluding carboxylic acids is 1. The number of methoxy groups -OCH3 is 1. The van der Waals surface area contributed by atoms with Crippen LogP contribution < -0.4 is 20.5 Å². The van der Waals surface area contributed by atoms with Crippen LogP contribution in [-0.4, -0.2) is 42.2 Å². The maximum atomic E-state index is 13.6. The summed E-state index contributed by atoms with van der Waals surface area (Å²) in [5.41, 5.74) is 12.8. The number of benzene rings is 4. The number of hydrogen-bond donors (Lipinski definition) is 4. The van der Waals surface area contributed by atoms with Crippen molar-refractivity contribution in [3.63, 3.8) is 0 Å². The zero-order chi connectivity index (χ0) is 40.6.